The van der Waals surface area contributed by atoms with Crippen LogP contribution in [-0.2, 0) is 4.74 Å². The van der Waals surface area contributed by atoms with E-state index in [1.54, 1.807) is 24.3 Å². The number of anilines is 3. The number of hydrogen-bond acceptors (Lipinski definition) is 4. The fraction of sp³-hybridized carbons (Fsp3) is 0.133. The highest BCUT2D eigenvalue weighted by Gasteiger charge is 2.13. The minimum Gasteiger partial charge on any atom is -0.465 e. The van der Waals surface area contributed by atoms with E-state index in [4.69, 9.17) is 22.1 Å². The van der Waals surface area contributed by atoms with E-state index < -0.39 is 5.97 Å². The van der Waals surface area contributed by atoms with E-state index in [-0.39, 0.29) is 0 Å². The SMILES string of the molecule is COC(=O)c1cc(N)ccc1Nc1cc(C)ccc1Cl. The second kappa shape index (κ2) is 5.84. The van der Waals surface area contributed by atoms with Crippen molar-refractivity contribution in [3.05, 3.63) is 52.5 Å². The Balaban J connectivity index is 2.43. The monoisotopic (exact) mass is 290 g/mol. The van der Waals surface area contributed by atoms with Crippen molar-refractivity contribution >= 4 is 34.6 Å². The molecular weight excluding hydrogens is 276 g/mol. The minimum atomic E-state index is -0.455. The van der Waals surface area contributed by atoms with Gasteiger partial charge in [-0.2, -0.15) is 0 Å². The largest absolute Gasteiger partial charge is 0.465 e. The first-order chi connectivity index (χ1) is 9.51. The zero-order valence-electron chi connectivity index (χ0n) is 11.2. The number of esters is 1. The molecule has 0 fully saturated rings. The Morgan fingerprint density at radius 2 is 1.95 bits per heavy atom. The number of carbonyl (C=O) groups excluding carboxylic acids is 1. The van der Waals surface area contributed by atoms with Crippen LogP contribution in [-0.4, -0.2) is 13.1 Å². The third-order valence-electron chi connectivity index (χ3n) is 2.84. The van der Waals surface area contributed by atoms with Crippen LogP contribution in [0.25, 0.3) is 0 Å². The van der Waals surface area contributed by atoms with Crippen LogP contribution in [0.1, 0.15) is 15.9 Å². The predicted octanol–water partition coefficient (Wildman–Crippen LogP) is 3.76. The number of hydrogen-bond donors (Lipinski definition) is 2. The van der Waals surface area contributed by atoms with Gasteiger partial charge in [0.2, 0.25) is 0 Å². The van der Waals surface area contributed by atoms with Crippen molar-refractivity contribution in [1.82, 2.24) is 0 Å². The van der Waals surface area contributed by atoms with Crippen molar-refractivity contribution in [3.8, 4) is 0 Å². The van der Waals surface area contributed by atoms with Crippen LogP contribution in [0.3, 0.4) is 0 Å². The molecule has 0 saturated heterocycles. The lowest BCUT2D eigenvalue weighted by Crippen LogP contribution is -2.06. The summed E-state index contributed by atoms with van der Waals surface area (Å²) in [7, 11) is 1.33. The number of halogens is 1. The number of nitrogen functional groups attached to an aromatic ring is 1. The molecule has 0 aliphatic rings. The molecule has 3 N–H and O–H groups in total. The molecule has 0 heterocycles. The first-order valence-electron chi connectivity index (χ1n) is 6.02. The van der Waals surface area contributed by atoms with E-state index in [0.29, 0.717) is 22.0 Å². The molecule has 0 atom stereocenters. The van der Waals surface area contributed by atoms with Crippen LogP contribution in [0.4, 0.5) is 17.1 Å². The van der Waals surface area contributed by atoms with Crippen LogP contribution < -0.4 is 11.1 Å². The van der Waals surface area contributed by atoms with Crippen LogP contribution in [0.15, 0.2) is 36.4 Å². The van der Waals surface area contributed by atoms with Gasteiger partial charge in [0.1, 0.15) is 0 Å². The molecule has 20 heavy (non-hydrogen) atoms. The number of nitrogens with one attached hydrogen (secondary N) is 1. The lowest BCUT2D eigenvalue weighted by molar-refractivity contribution is 0.0602. The van der Waals surface area contributed by atoms with Crippen molar-refractivity contribution in [2.45, 2.75) is 6.92 Å². The van der Waals surface area contributed by atoms with Gasteiger partial charge < -0.3 is 15.8 Å². The van der Waals surface area contributed by atoms with Gasteiger partial charge in [0, 0.05) is 5.69 Å². The summed E-state index contributed by atoms with van der Waals surface area (Å²) in [6.07, 6.45) is 0. The van der Waals surface area contributed by atoms with Crippen molar-refractivity contribution in [3.63, 3.8) is 0 Å². The van der Waals surface area contributed by atoms with Gasteiger partial charge in [-0.05, 0) is 42.8 Å². The Kier molecular flexibility index (Phi) is 4.15. The van der Waals surface area contributed by atoms with Gasteiger partial charge in [0.05, 0.1) is 29.1 Å². The number of carbonyl (C=O) groups is 1. The molecule has 0 aliphatic carbocycles. The summed E-state index contributed by atoms with van der Waals surface area (Å²) in [5, 5.41) is 3.71. The molecule has 0 aromatic heterocycles. The first-order valence-corrected chi connectivity index (χ1v) is 6.40. The third-order valence-corrected chi connectivity index (χ3v) is 3.17. The number of rotatable bonds is 3. The molecule has 0 aliphatic heterocycles. The van der Waals surface area contributed by atoms with Gasteiger partial charge in [-0.3, -0.25) is 0 Å². The summed E-state index contributed by atoms with van der Waals surface area (Å²) in [6.45, 7) is 1.96. The number of nitrogens with two attached hydrogens (primary N) is 1. The third kappa shape index (κ3) is 3.03. The molecule has 2 aromatic rings. The van der Waals surface area contributed by atoms with Crippen LogP contribution in [0.5, 0.6) is 0 Å². The fourth-order valence-electron chi connectivity index (χ4n) is 1.83. The average Bonchev–Trinajstić information content (AvgIpc) is 2.43. The highest BCUT2D eigenvalue weighted by atomic mass is 35.5. The molecule has 2 aromatic carbocycles. The minimum absolute atomic E-state index is 0.366. The van der Waals surface area contributed by atoms with E-state index >= 15 is 0 Å². The van der Waals surface area contributed by atoms with Gasteiger partial charge in [-0.15, -0.1) is 0 Å². The summed E-state index contributed by atoms with van der Waals surface area (Å²) >= 11 is 6.14. The lowest BCUT2D eigenvalue weighted by Gasteiger charge is -2.13. The van der Waals surface area contributed by atoms with Crippen LogP contribution in [0.2, 0.25) is 5.02 Å². The Hall–Kier alpha value is -2.20. The quantitative estimate of drug-likeness (QED) is 0.667. The second-order valence-corrected chi connectivity index (χ2v) is 4.81. The molecular formula is C15H15ClN2O2. The van der Waals surface area contributed by atoms with Gasteiger partial charge in [0.15, 0.2) is 0 Å². The summed E-state index contributed by atoms with van der Waals surface area (Å²) in [5.74, 6) is -0.455. The Morgan fingerprint density at radius 3 is 2.65 bits per heavy atom. The lowest BCUT2D eigenvalue weighted by atomic mass is 10.1. The normalized spacial score (nSPS) is 10.2. The second-order valence-electron chi connectivity index (χ2n) is 4.40. The van der Waals surface area contributed by atoms with E-state index in [0.717, 1.165) is 11.3 Å². The molecule has 0 spiro atoms. The number of benzene rings is 2. The topological polar surface area (TPSA) is 64.3 Å². The number of ether oxygens (including phenoxy) is 1. The van der Waals surface area contributed by atoms with Gasteiger partial charge in [0.25, 0.3) is 0 Å². The zero-order valence-corrected chi connectivity index (χ0v) is 12.0. The number of methoxy groups -OCH3 is 1. The average molecular weight is 291 g/mol. The van der Waals surface area contributed by atoms with Crippen molar-refractivity contribution in [1.29, 1.82) is 0 Å². The molecule has 0 radical (unpaired) electrons. The summed E-state index contributed by atoms with van der Waals surface area (Å²) in [5.41, 5.74) is 8.95. The first kappa shape index (κ1) is 14.2. The number of aryl methyl sites for hydroxylation is 1. The summed E-state index contributed by atoms with van der Waals surface area (Å²) in [4.78, 5) is 11.8. The highest BCUT2D eigenvalue weighted by molar-refractivity contribution is 6.33. The maximum absolute atomic E-state index is 11.8. The van der Waals surface area contributed by atoms with Crippen molar-refractivity contribution in [2.24, 2.45) is 0 Å². The summed E-state index contributed by atoms with van der Waals surface area (Å²) in [6, 6.07) is 10.6. The van der Waals surface area contributed by atoms with Crippen LogP contribution >= 0.6 is 11.6 Å². The molecule has 0 unspecified atom stereocenters. The molecule has 4 nitrogen and oxygen atoms in total. The van der Waals surface area contributed by atoms with Gasteiger partial charge in [-0.1, -0.05) is 17.7 Å². The van der Waals surface area contributed by atoms with E-state index in [2.05, 4.69) is 5.32 Å². The van der Waals surface area contributed by atoms with Gasteiger partial charge >= 0.3 is 5.97 Å². The van der Waals surface area contributed by atoms with E-state index in [1.807, 2.05) is 19.1 Å². The maximum Gasteiger partial charge on any atom is 0.340 e. The Labute approximate surface area is 122 Å². The molecule has 0 bridgehead atoms. The van der Waals surface area contributed by atoms with Gasteiger partial charge in [-0.25, -0.2) is 4.79 Å². The van der Waals surface area contributed by atoms with E-state index in [9.17, 15) is 4.79 Å². The zero-order chi connectivity index (χ0) is 14.7. The Bertz CT molecular complexity index is 656. The molecule has 0 saturated carbocycles. The van der Waals surface area contributed by atoms with E-state index in [1.165, 1.54) is 7.11 Å². The van der Waals surface area contributed by atoms with Crippen LogP contribution in [0, 0.1) is 6.92 Å². The standard InChI is InChI=1S/C15H15ClN2O2/c1-9-3-5-12(16)14(7-9)18-13-6-4-10(17)8-11(13)15(19)20-2/h3-8,18H,17H2,1-2H3. The predicted molar refractivity (Wildman–Crippen MR) is 81.7 cm³/mol. The summed E-state index contributed by atoms with van der Waals surface area (Å²) < 4.78 is 4.76. The smallest absolute Gasteiger partial charge is 0.340 e. The molecule has 0 amide bonds. The Morgan fingerprint density at radius 1 is 1.20 bits per heavy atom. The van der Waals surface area contributed by atoms with Crippen molar-refractivity contribution in [2.75, 3.05) is 18.2 Å². The maximum atomic E-state index is 11.8. The molecule has 5 heteroatoms. The van der Waals surface area contributed by atoms with Crippen molar-refractivity contribution < 1.29 is 9.53 Å². The molecule has 2 rings (SSSR count). The molecule has 104 valence electrons. The highest BCUT2D eigenvalue weighted by Crippen LogP contribution is 2.29. The fourth-order valence-corrected chi connectivity index (χ4v) is 1.99.